The van der Waals surface area contributed by atoms with Crippen molar-refractivity contribution >= 4 is 11.9 Å². The fraction of sp³-hybridized carbons (Fsp3) is 0.818. The van der Waals surface area contributed by atoms with Crippen LogP contribution in [-0.2, 0) is 9.59 Å². The second-order valence-corrected chi connectivity index (χ2v) is 4.73. The van der Waals surface area contributed by atoms with Crippen molar-refractivity contribution in [2.45, 2.75) is 44.6 Å². The molecule has 2 fully saturated rings. The van der Waals surface area contributed by atoms with Crippen molar-refractivity contribution in [3.63, 3.8) is 0 Å². The standard InChI is InChI=1S/C11H17NO3/c1-12-8-4-2-3-6-11(8,10(14)15)7-5-9(12)13/h8H,2-7H2,1H3,(H,14,15)/t8-,11-/m1/s1. The number of carboxylic acid groups (broad SMARTS) is 1. The molecule has 2 aliphatic rings. The number of aliphatic carboxylic acids is 1. The minimum atomic E-state index is -0.716. The summed E-state index contributed by atoms with van der Waals surface area (Å²) in [7, 11) is 1.75. The van der Waals surface area contributed by atoms with Gasteiger partial charge in [0.1, 0.15) is 0 Å². The highest BCUT2D eigenvalue weighted by Gasteiger charge is 2.52. The summed E-state index contributed by atoms with van der Waals surface area (Å²) < 4.78 is 0. The van der Waals surface area contributed by atoms with E-state index in [-0.39, 0.29) is 11.9 Å². The molecule has 2 rings (SSSR count). The highest BCUT2D eigenvalue weighted by atomic mass is 16.4. The van der Waals surface area contributed by atoms with Crippen LogP contribution in [0, 0.1) is 5.41 Å². The van der Waals surface area contributed by atoms with Crippen molar-refractivity contribution in [3.8, 4) is 0 Å². The molecule has 1 heterocycles. The largest absolute Gasteiger partial charge is 0.481 e. The van der Waals surface area contributed by atoms with Crippen LogP contribution in [0.5, 0.6) is 0 Å². The van der Waals surface area contributed by atoms with E-state index < -0.39 is 11.4 Å². The van der Waals surface area contributed by atoms with E-state index >= 15 is 0 Å². The van der Waals surface area contributed by atoms with Crippen molar-refractivity contribution in [3.05, 3.63) is 0 Å². The summed E-state index contributed by atoms with van der Waals surface area (Å²) in [5, 5.41) is 9.39. The molecule has 4 heteroatoms. The number of carbonyl (C=O) groups excluding carboxylic acids is 1. The average Bonchev–Trinajstić information content (AvgIpc) is 2.24. The first-order chi connectivity index (χ1) is 7.08. The van der Waals surface area contributed by atoms with Gasteiger partial charge in [-0.2, -0.15) is 0 Å². The van der Waals surface area contributed by atoms with E-state index in [0.29, 0.717) is 12.8 Å². The number of nitrogens with zero attached hydrogens (tertiary/aromatic N) is 1. The third kappa shape index (κ3) is 1.43. The Balaban J connectivity index is 2.32. The van der Waals surface area contributed by atoms with Gasteiger partial charge in [-0.15, -0.1) is 0 Å². The van der Waals surface area contributed by atoms with Gasteiger partial charge in [-0.1, -0.05) is 12.8 Å². The Morgan fingerprint density at radius 1 is 1.47 bits per heavy atom. The van der Waals surface area contributed by atoms with Crippen LogP contribution in [-0.4, -0.2) is 35.0 Å². The minimum Gasteiger partial charge on any atom is -0.481 e. The zero-order chi connectivity index (χ0) is 11.1. The summed E-state index contributed by atoms with van der Waals surface area (Å²) in [5.41, 5.74) is -0.652. The fourth-order valence-electron chi connectivity index (χ4n) is 3.11. The molecule has 0 unspecified atom stereocenters. The second kappa shape index (κ2) is 3.51. The van der Waals surface area contributed by atoms with Gasteiger partial charge in [0, 0.05) is 19.5 Å². The molecule has 84 valence electrons. The number of carbonyl (C=O) groups is 2. The SMILES string of the molecule is CN1C(=O)CC[C@]2(C(=O)O)CCCC[C@@H]12. The number of fused-ring (bicyclic) bond motifs is 1. The van der Waals surface area contributed by atoms with Gasteiger partial charge in [-0.05, 0) is 19.3 Å². The van der Waals surface area contributed by atoms with Crippen molar-refractivity contribution in [2.75, 3.05) is 7.05 Å². The summed E-state index contributed by atoms with van der Waals surface area (Å²) in [4.78, 5) is 24.6. The minimum absolute atomic E-state index is 0.0787. The van der Waals surface area contributed by atoms with Crippen LogP contribution in [0.1, 0.15) is 38.5 Å². The van der Waals surface area contributed by atoms with Crippen molar-refractivity contribution in [1.82, 2.24) is 4.90 Å². The van der Waals surface area contributed by atoms with E-state index in [4.69, 9.17) is 0 Å². The smallest absolute Gasteiger partial charge is 0.311 e. The number of piperidine rings is 1. The van der Waals surface area contributed by atoms with E-state index in [1.807, 2.05) is 0 Å². The van der Waals surface area contributed by atoms with E-state index in [1.54, 1.807) is 11.9 Å². The molecule has 0 aromatic carbocycles. The first-order valence-electron chi connectivity index (χ1n) is 5.57. The average molecular weight is 211 g/mol. The quantitative estimate of drug-likeness (QED) is 0.710. The Morgan fingerprint density at radius 2 is 2.20 bits per heavy atom. The van der Waals surface area contributed by atoms with Crippen LogP contribution in [0.2, 0.25) is 0 Å². The van der Waals surface area contributed by atoms with Gasteiger partial charge in [0.2, 0.25) is 5.91 Å². The summed E-state index contributed by atoms with van der Waals surface area (Å²) >= 11 is 0. The number of amides is 1. The molecule has 0 radical (unpaired) electrons. The van der Waals surface area contributed by atoms with Gasteiger partial charge in [-0.25, -0.2) is 0 Å². The number of carboxylic acids is 1. The van der Waals surface area contributed by atoms with E-state index in [1.165, 1.54) is 0 Å². The molecule has 1 aliphatic heterocycles. The summed E-state index contributed by atoms with van der Waals surface area (Å²) in [5.74, 6) is -0.620. The summed E-state index contributed by atoms with van der Waals surface area (Å²) in [6.45, 7) is 0. The molecule has 1 saturated heterocycles. The molecular formula is C11H17NO3. The van der Waals surface area contributed by atoms with Crippen LogP contribution < -0.4 is 0 Å². The van der Waals surface area contributed by atoms with Crippen LogP contribution in [0.15, 0.2) is 0 Å². The number of hydrogen-bond acceptors (Lipinski definition) is 2. The molecule has 4 nitrogen and oxygen atoms in total. The topological polar surface area (TPSA) is 57.6 Å². The zero-order valence-electron chi connectivity index (χ0n) is 9.03. The number of likely N-dealkylation sites (tertiary alicyclic amines) is 1. The highest BCUT2D eigenvalue weighted by molar-refractivity contribution is 5.83. The highest BCUT2D eigenvalue weighted by Crippen LogP contribution is 2.45. The number of rotatable bonds is 1. The van der Waals surface area contributed by atoms with E-state index in [2.05, 4.69) is 0 Å². The Bertz CT molecular complexity index is 302. The van der Waals surface area contributed by atoms with E-state index in [0.717, 1.165) is 25.7 Å². The predicted molar refractivity (Wildman–Crippen MR) is 54.3 cm³/mol. The maximum absolute atomic E-state index is 11.5. The molecule has 0 aromatic rings. The van der Waals surface area contributed by atoms with Crippen molar-refractivity contribution in [2.24, 2.45) is 5.41 Å². The molecule has 2 atom stereocenters. The van der Waals surface area contributed by atoms with Gasteiger partial charge in [-0.3, -0.25) is 9.59 Å². The third-order valence-electron chi connectivity index (χ3n) is 4.06. The Kier molecular flexibility index (Phi) is 2.44. The Labute approximate surface area is 89.3 Å². The van der Waals surface area contributed by atoms with Gasteiger partial charge in [0.15, 0.2) is 0 Å². The molecule has 1 amide bonds. The summed E-state index contributed by atoms with van der Waals surface area (Å²) in [6, 6.07) is -0.0787. The zero-order valence-corrected chi connectivity index (χ0v) is 9.03. The van der Waals surface area contributed by atoms with Crippen molar-refractivity contribution < 1.29 is 14.7 Å². The Hall–Kier alpha value is -1.06. The maximum Gasteiger partial charge on any atom is 0.311 e. The third-order valence-corrected chi connectivity index (χ3v) is 4.06. The molecule has 0 spiro atoms. The summed E-state index contributed by atoms with van der Waals surface area (Å²) in [6.07, 6.45) is 4.50. The molecule has 0 aromatic heterocycles. The molecule has 0 bridgehead atoms. The van der Waals surface area contributed by atoms with Gasteiger partial charge < -0.3 is 10.0 Å². The molecule has 1 saturated carbocycles. The van der Waals surface area contributed by atoms with Crippen molar-refractivity contribution in [1.29, 1.82) is 0 Å². The monoisotopic (exact) mass is 211 g/mol. The lowest BCUT2D eigenvalue weighted by molar-refractivity contribution is -0.165. The van der Waals surface area contributed by atoms with Crippen LogP contribution in [0.3, 0.4) is 0 Å². The fourth-order valence-corrected chi connectivity index (χ4v) is 3.11. The normalized spacial score (nSPS) is 36.2. The van der Waals surface area contributed by atoms with Crippen LogP contribution >= 0.6 is 0 Å². The van der Waals surface area contributed by atoms with Crippen LogP contribution in [0.25, 0.3) is 0 Å². The predicted octanol–water partition coefficient (Wildman–Crippen LogP) is 1.25. The molecule has 15 heavy (non-hydrogen) atoms. The second-order valence-electron chi connectivity index (χ2n) is 4.73. The Morgan fingerprint density at radius 3 is 2.87 bits per heavy atom. The molecule has 1 N–H and O–H groups in total. The lowest BCUT2D eigenvalue weighted by atomic mass is 9.65. The lowest BCUT2D eigenvalue weighted by Gasteiger charge is -2.48. The maximum atomic E-state index is 11.5. The first kappa shape index (κ1) is 10.5. The van der Waals surface area contributed by atoms with Gasteiger partial charge >= 0.3 is 5.97 Å². The molecule has 1 aliphatic carbocycles. The van der Waals surface area contributed by atoms with Crippen LogP contribution in [0.4, 0.5) is 0 Å². The lowest BCUT2D eigenvalue weighted by Crippen LogP contribution is -2.57. The molecular weight excluding hydrogens is 194 g/mol. The first-order valence-corrected chi connectivity index (χ1v) is 5.57. The van der Waals surface area contributed by atoms with E-state index in [9.17, 15) is 14.7 Å². The number of hydrogen-bond donors (Lipinski definition) is 1. The van der Waals surface area contributed by atoms with Gasteiger partial charge in [0.05, 0.1) is 5.41 Å². The van der Waals surface area contributed by atoms with Gasteiger partial charge in [0.25, 0.3) is 0 Å².